The molecule has 0 amide bonds. The molecule has 5 nitrogen and oxygen atoms in total. The standard InChI is InChI=1S/C10H18N4O/c1-4-7-9(11)13-8(14-10(7)15)5-12-6(2)3/h6,12H,4-5H2,1-3H3,(H3,11,13,14,15). The van der Waals surface area contributed by atoms with Gasteiger partial charge in [-0.05, 0) is 6.42 Å². The van der Waals surface area contributed by atoms with Crippen molar-refractivity contribution in [1.82, 2.24) is 15.3 Å². The molecule has 1 heterocycles. The lowest BCUT2D eigenvalue weighted by Gasteiger charge is -2.08. The number of hydrogen-bond donors (Lipinski definition) is 3. The maximum Gasteiger partial charge on any atom is 0.256 e. The summed E-state index contributed by atoms with van der Waals surface area (Å²) in [6, 6.07) is 0.349. The largest absolute Gasteiger partial charge is 0.383 e. The number of aromatic amines is 1. The topological polar surface area (TPSA) is 83.8 Å². The second-order valence-electron chi connectivity index (χ2n) is 3.77. The third-order valence-electron chi connectivity index (χ3n) is 2.13. The molecular weight excluding hydrogens is 192 g/mol. The minimum absolute atomic E-state index is 0.134. The van der Waals surface area contributed by atoms with Crippen molar-refractivity contribution >= 4 is 5.82 Å². The fourth-order valence-electron chi connectivity index (χ4n) is 1.29. The summed E-state index contributed by atoms with van der Waals surface area (Å²) in [6.07, 6.45) is 0.603. The SMILES string of the molecule is CCc1c(N)nc(CNC(C)C)[nH]c1=O. The minimum Gasteiger partial charge on any atom is -0.383 e. The molecule has 0 fully saturated rings. The molecule has 5 heteroatoms. The monoisotopic (exact) mass is 210 g/mol. The van der Waals surface area contributed by atoms with Crippen LogP contribution in [-0.2, 0) is 13.0 Å². The van der Waals surface area contributed by atoms with Crippen LogP contribution >= 0.6 is 0 Å². The highest BCUT2D eigenvalue weighted by Crippen LogP contribution is 2.02. The molecule has 0 radical (unpaired) electrons. The molecule has 0 aromatic carbocycles. The number of H-pyrrole nitrogens is 1. The Labute approximate surface area is 89.1 Å². The molecule has 0 bridgehead atoms. The lowest BCUT2D eigenvalue weighted by atomic mass is 10.2. The van der Waals surface area contributed by atoms with Crippen LogP contribution in [0.2, 0.25) is 0 Å². The van der Waals surface area contributed by atoms with Gasteiger partial charge in [-0.1, -0.05) is 20.8 Å². The second kappa shape index (κ2) is 4.93. The summed E-state index contributed by atoms with van der Waals surface area (Å²) in [7, 11) is 0. The van der Waals surface area contributed by atoms with E-state index in [2.05, 4.69) is 15.3 Å². The molecule has 4 N–H and O–H groups in total. The van der Waals surface area contributed by atoms with Gasteiger partial charge in [0, 0.05) is 6.04 Å². The Balaban J connectivity index is 2.89. The Morgan fingerprint density at radius 1 is 1.53 bits per heavy atom. The molecule has 1 rings (SSSR count). The molecule has 0 aliphatic heterocycles. The van der Waals surface area contributed by atoms with Gasteiger partial charge < -0.3 is 16.0 Å². The van der Waals surface area contributed by atoms with Crippen LogP contribution in [-0.4, -0.2) is 16.0 Å². The van der Waals surface area contributed by atoms with Crippen LogP contribution in [0.1, 0.15) is 32.2 Å². The van der Waals surface area contributed by atoms with E-state index in [1.807, 2.05) is 20.8 Å². The first-order valence-electron chi connectivity index (χ1n) is 5.15. The maximum absolute atomic E-state index is 11.5. The summed E-state index contributed by atoms with van der Waals surface area (Å²) in [5.41, 5.74) is 6.11. The van der Waals surface area contributed by atoms with Crippen LogP contribution in [0.5, 0.6) is 0 Å². The molecule has 0 aliphatic rings. The third-order valence-corrected chi connectivity index (χ3v) is 2.13. The van der Waals surface area contributed by atoms with Crippen LogP contribution in [0.25, 0.3) is 0 Å². The molecule has 0 spiro atoms. The van der Waals surface area contributed by atoms with Gasteiger partial charge in [-0.2, -0.15) is 0 Å². The van der Waals surface area contributed by atoms with E-state index < -0.39 is 0 Å². The van der Waals surface area contributed by atoms with E-state index in [1.165, 1.54) is 0 Å². The van der Waals surface area contributed by atoms with Gasteiger partial charge in [-0.25, -0.2) is 4.98 Å². The van der Waals surface area contributed by atoms with E-state index in [4.69, 9.17) is 5.73 Å². The number of nitrogen functional groups attached to an aromatic ring is 1. The number of rotatable bonds is 4. The van der Waals surface area contributed by atoms with Crippen molar-refractivity contribution in [2.24, 2.45) is 0 Å². The van der Waals surface area contributed by atoms with Crippen molar-refractivity contribution in [2.75, 3.05) is 5.73 Å². The zero-order chi connectivity index (χ0) is 11.4. The highest BCUT2D eigenvalue weighted by atomic mass is 16.1. The third kappa shape index (κ3) is 3.06. The predicted molar refractivity (Wildman–Crippen MR) is 60.6 cm³/mol. The fourth-order valence-corrected chi connectivity index (χ4v) is 1.29. The van der Waals surface area contributed by atoms with Crippen molar-refractivity contribution < 1.29 is 0 Å². The smallest absolute Gasteiger partial charge is 0.256 e. The summed E-state index contributed by atoms with van der Waals surface area (Å²) < 4.78 is 0. The van der Waals surface area contributed by atoms with Crippen molar-refractivity contribution in [3.8, 4) is 0 Å². The number of nitrogens with one attached hydrogen (secondary N) is 2. The van der Waals surface area contributed by atoms with Crippen LogP contribution in [0.3, 0.4) is 0 Å². The van der Waals surface area contributed by atoms with Crippen molar-refractivity contribution in [1.29, 1.82) is 0 Å². The van der Waals surface area contributed by atoms with Gasteiger partial charge in [0.2, 0.25) is 0 Å². The number of nitrogens with two attached hydrogens (primary N) is 1. The van der Waals surface area contributed by atoms with Gasteiger partial charge in [0.1, 0.15) is 11.6 Å². The van der Waals surface area contributed by atoms with Crippen LogP contribution in [0, 0.1) is 0 Å². The molecule has 0 unspecified atom stereocenters. The Morgan fingerprint density at radius 3 is 2.67 bits per heavy atom. The van der Waals surface area contributed by atoms with Crippen molar-refractivity contribution in [3.63, 3.8) is 0 Å². The van der Waals surface area contributed by atoms with Crippen LogP contribution < -0.4 is 16.6 Å². The second-order valence-corrected chi connectivity index (χ2v) is 3.77. The van der Waals surface area contributed by atoms with E-state index >= 15 is 0 Å². The highest BCUT2D eigenvalue weighted by molar-refractivity contribution is 5.37. The molecule has 1 aromatic heterocycles. The average molecular weight is 210 g/mol. The molecule has 1 aromatic rings. The van der Waals surface area contributed by atoms with Gasteiger partial charge in [0.15, 0.2) is 0 Å². The Hall–Kier alpha value is -1.36. The Kier molecular flexibility index (Phi) is 3.85. The molecule has 15 heavy (non-hydrogen) atoms. The normalized spacial score (nSPS) is 10.9. The summed E-state index contributed by atoms with van der Waals surface area (Å²) in [6.45, 7) is 6.47. The Morgan fingerprint density at radius 2 is 2.20 bits per heavy atom. The van der Waals surface area contributed by atoms with Gasteiger partial charge in [0.05, 0.1) is 12.1 Å². The molecule has 0 saturated heterocycles. The number of hydrogen-bond acceptors (Lipinski definition) is 4. The van der Waals surface area contributed by atoms with Crippen molar-refractivity contribution in [3.05, 3.63) is 21.7 Å². The maximum atomic E-state index is 11.5. The molecule has 84 valence electrons. The number of anilines is 1. The first-order valence-corrected chi connectivity index (χ1v) is 5.15. The van der Waals surface area contributed by atoms with E-state index in [-0.39, 0.29) is 5.56 Å². The van der Waals surface area contributed by atoms with Crippen LogP contribution in [0.15, 0.2) is 4.79 Å². The van der Waals surface area contributed by atoms with E-state index in [0.29, 0.717) is 36.2 Å². The molecule has 0 atom stereocenters. The highest BCUT2D eigenvalue weighted by Gasteiger charge is 2.06. The van der Waals surface area contributed by atoms with Crippen LogP contribution in [0.4, 0.5) is 5.82 Å². The fraction of sp³-hybridized carbons (Fsp3) is 0.600. The van der Waals surface area contributed by atoms with Gasteiger partial charge in [0.25, 0.3) is 5.56 Å². The van der Waals surface area contributed by atoms with Gasteiger partial charge in [-0.3, -0.25) is 4.79 Å². The summed E-state index contributed by atoms with van der Waals surface area (Å²) in [5.74, 6) is 0.921. The molecule has 0 saturated carbocycles. The zero-order valence-electron chi connectivity index (χ0n) is 9.42. The number of nitrogens with zero attached hydrogens (tertiary/aromatic N) is 1. The first kappa shape index (κ1) is 11.7. The van der Waals surface area contributed by atoms with E-state index in [0.717, 1.165) is 0 Å². The zero-order valence-corrected chi connectivity index (χ0v) is 9.42. The van der Waals surface area contributed by atoms with E-state index in [1.54, 1.807) is 0 Å². The summed E-state index contributed by atoms with van der Waals surface area (Å²) in [4.78, 5) is 18.4. The summed E-state index contributed by atoms with van der Waals surface area (Å²) >= 11 is 0. The van der Waals surface area contributed by atoms with E-state index in [9.17, 15) is 4.79 Å². The lowest BCUT2D eigenvalue weighted by molar-refractivity contribution is 0.571. The molecule has 0 aliphatic carbocycles. The Bertz CT molecular complexity index is 383. The van der Waals surface area contributed by atoms with Gasteiger partial charge in [-0.15, -0.1) is 0 Å². The first-order chi connectivity index (χ1) is 7.04. The van der Waals surface area contributed by atoms with Crippen molar-refractivity contribution in [2.45, 2.75) is 39.8 Å². The summed E-state index contributed by atoms with van der Waals surface area (Å²) in [5, 5.41) is 3.17. The van der Waals surface area contributed by atoms with Gasteiger partial charge >= 0.3 is 0 Å². The molecular formula is C10H18N4O. The lowest BCUT2D eigenvalue weighted by Crippen LogP contribution is -2.26. The number of aromatic nitrogens is 2. The average Bonchev–Trinajstić information content (AvgIpc) is 2.14. The predicted octanol–water partition coefficient (Wildman–Crippen LogP) is 0.412. The minimum atomic E-state index is -0.134. The quantitative estimate of drug-likeness (QED) is 0.672.